The Labute approximate surface area is 282 Å². The van der Waals surface area contributed by atoms with Crippen LogP contribution < -0.4 is 25.4 Å². The Balaban J connectivity index is 0.000000160. The third-order valence-electron chi connectivity index (χ3n) is 8.81. The van der Waals surface area contributed by atoms with Gasteiger partial charge in [0.15, 0.2) is 0 Å². The Hall–Kier alpha value is -4.33. The van der Waals surface area contributed by atoms with E-state index in [1.807, 2.05) is 24.3 Å². The molecule has 47 heavy (non-hydrogen) atoms. The zero-order valence-corrected chi connectivity index (χ0v) is 29.3. The van der Waals surface area contributed by atoms with E-state index < -0.39 is 0 Å². The quantitative estimate of drug-likeness (QED) is 0.251. The van der Waals surface area contributed by atoms with Crippen molar-refractivity contribution in [1.82, 2.24) is 16.0 Å². The fourth-order valence-corrected chi connectivity index (χ4v) is 6.20. The van der Waals surface area contributed by atoms with Crippen LogP contribution >= 0.6 is 0 Å². The van der Waals surface area contributed by atoms with Crippen molar-refractivity contribution in [3.63, 3.8) is 0 Å². The third-order valence-corrected chi connectivity index (χ3v) is 8.81. The van der Waals surface area contributed by atoms with Crippen LogP contribution in [-0.2, 0) is 38.5 Å². The molecule has 252 valence electrons. The van der Waals surface area contributed by atoms with Gasteiger partial charge in [0, 0.05) is 50.0 Å². The van der Waals surface area contributed by atoms with Gasteiger partial charge in [-0.15, -0.1) is 0 Å². The van der Waals surface area contributed by atoms with Gasteiger partial charge in [-0.3, -0.25) is 15.0 Å². The number of ether oxygens (including phenoxy) is 2. The highest BCUT2D eigenvalue weighted by atomic mass is 16.5. The summed E-state index contributed by atoms with van der Waals surface area (Å²) in [7, 11) is 3.43. The SMILES string of the molecule is CCc1cccc(CC)c1CC1=NCCN1.CCc1cccc(OC)c1CC1=NCCN1.COc1cccc(C)c1CC1=NCCN1. The molecule has 0 bridgehead atoms. The molecule has 8 nitrogen and oxygen atoms in total. The summed E-state index contributed by atoms with van der Waals surface area (Å²) < 4.78 is 10.8. The molecule has 0 atom stereocenters. The van der Waals surface area contributed by atoms with E-state index in [0.717, 1.165) is 107 Å². The first-order chi connectivity index (χ1) is 23.0. The Bertz CT molecular complexity index is 1420. The number of nitrogens with one attached hydrogen (secondary N) is 3. The highest BCUT2D eigenvalue weighted by molar-refractivity contribution is 5.87. The van der Waals surface area contributed by atoms with Gasteiger partial charge in [-0.25, -0.2) is 0 Å². The summed E-state index contributed by atoms with van der Waals surface area (Å²) in [5, 5.41) is 9.94. The minimum absolute atomic E-state index is 0.843. The summed E-state index contributed by atoms with van der Waals surface area (Å²) in [4.78, 5) is 13.3. The average Bonchev–Trinajstić information content (AvgIpc) is 3.92. The van der Waals surface area contributed by atoms with Gasteiger partial charge in [-0.1, -0.05) is 63.2 Å². The molecule has 0 radical (unpaired) electrons. The number of aryl methyl sites for hydroxylation is 4. The molecule has 0 spiro atoms. The number of hydrogen-bond donors (Lipinski definition) is 3. The number of hydrogen-bond acceptors (Lipinski definition) is 8. The Morgan fingerprint density at radius 2 is 0.915 bits per heavy atom. The molecule has 3 aliphatic rings. The second-order valence-corrected chi connectivity index (χ2v) is 11.8. The number of amidine groups is 3. The highest BCUT2D eigenvalue weighted by Gasteiger charge is 2.14. The van der Waals surface area contributed by atoms with E-state index in [9.17, 15) is 0 Å². The molecule has 0 amide bonds. The van der Waals surface area contributed by atoms with Crippen molar-refractivity contribution in [2.45, 2.75) is 66.2 Å². The van der Waals surface area contributed by atoms with E-state index in [0.29, 0.717) is 0 Å². The van der Waals surface area contributed by atoms with Crippen LogP contribution in [0.3, 0.4) is 0 Å². The van der Waals surface area contributed by atoms with E-state index in [-0.39, 0.29) is 0 Å². The van der Waals surface area contributed by atoms with E-state index in [2.05, 4.69) is 89.0 Å². The lowest BCUT2D eigenvalue weighted by molar-refractivity contribution is 0.410. The van der Waals surface area contributed by atoms with Crippen LogP contribution in [0.2, 0.25) is 0 Å². The second-order valence-electron chi connectivity index (χ2n) is 11.8. The molecule has 0 aromatic heterocycles. The summed E-state index contributed by atoms with van der Waals surface area (Å²) in [6.07, 6.45) is 5.92. The summed E-state index contributed by atoms with van der Waals surface area (Å²) >= 11 is 0. The van der Waals surface area contributed by atoms with Gasteiger partial charge in [-0.2, -0.15) is 0 Å². The van der Waals surface area contributed by atoms with Crippen molar-refractivity contribution in [2.24, 2.45) is 15.0 Å². The van der Waals surface area contributed by atoms with Gasteiger partial charge in [0.2, 0.25) is 0 Å². The lowest BCUT2D eigenvalue weighted by Gasteiger charge is -2.13. The molecule has 0 aliphatic carbocycles. The minimum atomic E-state index is 0.843. The van der Waals surface area contributed by atoms with Crippen molar-refractivity contribution in [3.8, 4) is 11.5 Å². The molecule has 3 aliphatic heterocycles. The van der Waals surface area contributed by atoms with Gasteiger partial charge in [0.05, 0.1) is 33.9 Å². The fourth-order valence-electron chi connectivity index (χ4n) is 6.20. The van der Waals surface area contributed by atoms with Gasteiger partial charge < -0.3 is 25.4 Å². The van der Waals surface area contributed by atoms with Crippen LogP contribution in [0, 0.1) is 6.92 Å². The van der Waals surface area contributed by atoms with Crippen LogP contribution in [0.1, 0.15) is 59.7 Å². The first-order valence-electron chi connectivity index (χ1n) is 17.2. The topological polar surface area (TPSA) is 91.6 Å². The van der Waals surface area contributed by atoms with Crippen LogP contribution in [0.15, 0.2) is 69.6 Å². The monoisotopic (exact) mass is 638 g/mol. The third kappa shape index (κ3) is 10.1. The summed E-state index contributed by atoms with van der Waals surface area (Å²) in [5.41, 5.74) is 9.52. The van der Waals surface area contributed by atoms with E-state index in [1.54, 1.807) is 14.2 Å². The van der Waals surface area contributed by atoms with Gasteiger partial charge in [-0.05, 0) is 66.1 Å². The number of benzene rings is 3. The fraction of sp³-hybridized carbons (Fsp3) is 0.462. The molecule has 0 saturated carbocycles. The zero-order valence-electron chi connectivity index (χ0n) is 29.3. The molecule has 3 N–H and O–H groups in total. The zero-order chi connectivity index (χ0) is 33.4. The maximum absolute atomic E-state index is 5.42. The Kier molecular flexibility index (Phi) is 14.2. The molecule has 8 heteroatoms. The molecule has 0 unspecified atom stereocenters. The lowest BCUT2D eigenvalue weighted by Crippen LogP contribution is -2.21. The smallest absolute Gasteiger partial charge is 0.122 e. The largest absolute Gasteiger partial charge is 0.496 e. The first-order valence-corrected chi connectivity index (χ1v) is 17.2. The van der Waals surface area contributed by atoms with Crippen LogP contribution in [0.25, 0.3) is 0 Å². The molecule has 3 heterocycles. The predicted octanol–water partition coefficient (Wildman–Crippen LogP) is 5.71. The number of aliphatic imine (C=N–C) groups is 3. The lowest BCUT2D eigenvalue weighted by atomic mass is 9.95. The maximum atomic E-state index is 5.42. The van der Waals surface area contributed by atoms with Crippen molar-refractivity contribution in [3.05, 3.63) is 93.5 Å². The van der Waals surface area contributed by atoms with Crippen LogP contribution in [0.5, 0.6) is 11.5 Å². The first kappa shape index (κ1) is 35.5. The average molecular weight is 639 g/mol. The van der Waals surface area contributed by atoms with Crippen molar-refractivity contribution in [1.29, 1.82) is 0 Å². The maximum Gasteiger partial charge on any atom is 0.122 e. The minimum Gasteiger partial charge on any atom is -0.496 e. The molecule has 3 aromatic rings. The van der Waals surface area contributed by atoms with E-state index in [1.165, 1.54) is 38.9 Å². The summed E-state index contributed by atoms with van der Waals surface area (Å²) in [6.45, 7) is 14.4. The van der Waals surface area contributed by atoms with Crippen molar-refractivity contribution < 1.29 is 9.47 Å². The Morgan fingerprint density at radius 3 is 1.34 bits per heavy atom. The van der Waals surface area contributed by atoms with Crippen molar-refractivity contribution in [2.75, 3.05) is 53.5 Å². The summed E-state index contributed by atoms with van der Waals surface area (Å²) in [5.74, 6) is 5.24. The van der Waals surface area contributed by atoms with E-state index in [4.69, 9.17) is 9.47 Å². The normalized spacial score (nSPS) is 14.6. The predicted molar refractivity (Wildman–Crippen MR) is 197 cm³/mol. The second kappa shape index (κ2) is 18.7. The van der Waals surface area contributed by atoms with Crippen LogP contribution in [0.4, 0.5) is 0 Å². The standard InChI is InChI=1S/C14H20N2.C13H18N2O.C12H16N2O/c1-3-11-6-5-7-12(4-2)13(11)10-14-15-8-9-16-14;1-3-10-5-4-6-12(16-2)11(10)9-13-14-7-8-15-13;1-9-4-3-5-11(15-2)10(9)8-12-13-6-7-14-12/h5-7H,3-4,8-10H2,1-2H3,(H,15,16);4-6H,3,7-9H2,1-2H3,(H,14,15);3-5H,6-8H2,1-2H3,(H,13,14). The van der Waals surface area contributed by atoms with Gasteiger partial charge >= 0.3 is 0 Å². The highest BCUT2D eigenvalue weighted by Crippen LogP contribution is 2.24. The molecule has 3 aromatic carbocycles. The summed E-state index contributed by atoms with van der Waals surface area (Å²) in [6, 6.07) is 19.0. The van der Waals surface area contributed by atoms with Gasteiger partial charge in [0.25, 0.3) is 0 Å². The van der Waals surface area contributed by atoms with Gasteiger partial charge in [0.1, 0.15) is 29.0 Å². The molecular weight excluding hydrogens is 584 g/mol. The number of methoxy groups -OCH3 is 2. The molecule has 0 saturated heterocycles. The van der Waals surface area contributed by atoms with Crippen molar-refractivity contribution >= 4 is 17.5 Å². The molecule has 6 rings (SSSR count). The Morgan fingerprint density at radius 1 is 0.532 bits per heavy atom. The number of nitrogens with zero attached hydrogens (tertiary/aromatic N) is 3. The number of rotatable bonds is 11. The van der Waals surface area contributed by atoms with Crippen LogP contribution in [-0.4, -0.2) is 71.0 Å². The molecule has 0 fully saturated rings. The molecular formula is C39H54N6O2. The van der Waals surface area contributed by atoms with E-state index >= 15 is 0 Å².